The van der Waals surface area contributed by atoms with E-state index in [4.69, 9.17) is 10.3 Å². The molecule has 3 nitrogen and oxygen atoms in total. The molecule has 0 aliphatic carbocycles. The summed E-state index contributed by atoms with van der Waals surface area (Å²) >= 11 is 0. The molecule has 0 amide bonds. The molecule has 0 saturated heterocycles. The molecule has 2 aromatic rings. The molecule has 78 valence electrons. The highest BCUT2D eigenvalue weighted by atomic mass is 19.1. The van der Waals surface area contributed by atoms with Crippen LogP contribution in [0.3, 0.4) is 0 Å². The van der Waals surface area contributed by atoms with Crippen molar-refractivity contribution in [1.29, 1.82) is 0 Å². The van der Waals surface area contributed by atoms with E-state index < -0.39 is 0 Å². The van der Waals surface area contributed by atoms with Crippen LogP contribution in [0.15, 0.2) is 28.8 Å². The van der Waals surface area contributed by atoms with Crippen molar-refractivity contribution >= 4 is 5.88 Å². The molecular weight excluding hydrogens is 195 g/mol. The third kappa shape index (κ3) is 1.70. The van der Waals surface area contributed by atoms with E-state index in [1.165, 1.54) is 12.1 Å². The smallest absolute Gasteiger partial charge is 0.230 e. The summed E-state index contributed by atoms with van der Waals surface area (Å²) in [4.78, 5) is 0. The molecule has 0 atom stereocenters. The molecule has 0 aliphatic rings. The zero-order valence-electron chi connectivity index (χ0n) is 8.33. The Hall–Kier alpha value is -1.84. The Labute approximate surface area is 86.7 Å². The number of anilines is 1. The Bertz CT molecular complexity index is 462. The van der Waals surface area contributed by atoms with E-state index in [-0.39, 0.29) is 11.7 Å². The van der Waals surface area contributed by atoms with Crippen LogP contribution in [0.25, 0.3) is 11.1 Å². The fourth-order valence-corrected chi connectivity index (χ4v) is 1.50. The monoisotopic (exact) mass is 206 g/mol. The lowest BCUT2D eigenvalue weighted by atomic mass is 10.0. The summed E-state index contributed by atoms with van der Waals surface area (Å²) < 4.78 is 17.6. The zero-order chi connectivity index (χ0) is 10.8. The quantitative estimate of drug-likeness (QED) is 0.821. The third-order valence-electron chi connectivity index (χ3n) is 2.26. The fourth-order valence-electron chi connectivity index (χ4n) is 1.50. The SMILES string of the molecule is CCc1noc(N)c1-c1ccc(F)cc1. The van der Waals surface area contributed by atoms with E-state index >= 15 is 0 Å². The number of benzene rings is 1. The fraction of sp³-hybridized carbons (Fsp3) is 0.182. The first-order valence-corrected chi connectivity index (χ1v) is 4.72. The van der Waals surface area contributed by atoms with Crippen molar-refractivity contribution in [3.63, 3.8) is 0 Å². The summed E-state index contributed by atoms with van der Waals surface area (Å²) in [5.41, 5.74) is 8.04. The highest BCUT2D eigenvalue weighted by molar-refractivity contribution is 5.74. The third-order valence-corrected chi connectivity index (χ3v) is 2.26. The number of aryl methyl sites for hydroxylation is 1. The minimum absolute atomic E-state index is 0.271. The summed E-state index contributed by atoms with van der Waals surface area (Å²) in [6, 6.07) is 6.11. The van der Waals surface area contributed by atoms with Gasteiger partial charge in [0.05, 0.1) is 11.3 Å². The van der Waals surface area contributed by atoms with Crippen LogP contribution >= 0.6 is 0 Å². The Kier molecular flexibility index (Phi) is 2.41. The van der Waals surface area contributed by atoms with Gasteiger partial charge < -0.3 is 10.3 Å². The van der Waals surface area contributed by atoms with E-state index in [0.29, 0.717) is 0 Å². The summed E-state index contributed by atoms with van der Waals surface area (Å²) in [5, 5.41) is 3.84. The molecule has 0 radical (unpaired) electrons. The normalized spacial score (nSPS) is 10.5. The largest absolute Gasteiger partial charge is 0.367 e. The Morgan fingerprint density at radius 1 is 1.33 bits per heavy atom. The lowest BCUT2D eigenvalue weighted by Gasteiger charge is -2.00. The van der Waals surface area contributed by atoms with Crippen molar-refractivity contribution < 1.29 is 8.91 Å². The van der Waals surface area contributed by atoms with Gasteiger partial charge in [0.25, 0.3) is 0 Å². The van der Waals surface area contributed by atoms with Crippen LogP contribution in [0, 0.1) is 5.82 Å². The van der Waals surface area contributed by atoms with Crippen LogP contribution < -0.4 is 5.73 Å². The Morgan fingerprint density at radius 2 is 2.00 bits per heavy atom. The molecule has 2 rings (SSSR count). The van der Waals surface area contributed by atoms with Crippen molar-refractivity contribution in [3.8, 4) is 11.1 Å². The molecule has 0 spiro atoms. The molecule has 0 aliphatic heterocycles. The standard InChI is InChI=1S/C11H11FN2O/c1-2-9-10(11(13)15-14-9)7-3-5-8(12)6-4-7/h3-6H,2,13H2,1H3. The minimum Gasteiger partial charge on any atom is -0.367 e. The summed E-state index contributed by atoms with van der Waals surface area (Å²) in [7, 11) is 0. The molecule has 0 fully saturated rings. The van der Waals surface area contributed by atoms with Gasteiger partial charge in [-0.2, -0.15) is 0 Å². The first-order chi connectivity index (χ1) is 7.22. The van der Waals surface area contributed by atoms with Gasteiger partial charge in [-0.05, 0) is 24.1 Å². The van der Waals surface area contributed by atoms with Gasteiger partial charge in [0.1, 0.15) is 5.82 Å². The van der Waals surface area contributed by atoms with Gasteiger partial charge in [0, 0.05) is 0 Å². The van der Waals surface area contributed by atoms with E-state index in [1.807, 2.05) is 6.92 Å². The maximum Gasteiger partial charge on any atom is 0.230 e. The van der Waals surface area contributed by atoms with Crippen LogP contribution in [-0.4, -0.2) is 5.16 Å². The number of aromatic nitrogens is 1. The Balaban J connectivity index is 2.52. The number of nitrogens with two attached hydrogens (primary N) is 1. The first-order valence-electron chi connectivity index (χ1n) is 4.72. The van der Waals surface area contributed by atoms with Crippen LogP contribution in [0.2, 0.25) is 0 Å². The van der Waals surface area contributed by atoms with Gasteiger partial charge in [-0.1, -0.05) is 24.2 Å². The number of hydrogen-bond acceptors (Lipinski definition) is 3. The van der Waals surface area contributed by atoms with Gasteiger partial charge in [-0.3, -0.25) is 0 Å². The van der Waals surface area contributed by atoms with E-state index in [0.717, 1.165) is 23.2 Å². The second kappa shape index (κ2) is 3.73. The summed E-state index contributed by atoms with van der Waals surface area (Å²) in [6.45, 7) is 1.96. The molecule has 0 unspecified atom stereocenters. The topological polar surface area (TPSA) is 52.0 Å². The second-order valence-electron chi connectivity index (χ2n) is 3.23. The van der Waals surface area contributed by atoms with Gasteiger partial charge in [-0.25, -0.2) is 4.39 Å². The average Bonchev–Trinajstić information content (AvgIpc) is 2.61. The predicted octanol–water partition coefficient (Wildman–Crippen LogP) is 2.63. The Morgan fingerprint density at radius 3 is 2.60 bits per heavy atom. The van der Waals surface area contributed by atoms with Crippen molar-refractivity contribution in [2.45, 2.75) is 13.3 Å². The highest BCUT2D eigenvalue weighted by Gasteiger charge is 2.13. The summed E-state index contributed by atoms with van der Waals surface area (Å²) in [6.07, 6.45) is 0.730. The second-order valence-corrected chi connectivity index (χ2v) is 3.23. The number of rotatable bonds is 2. The maximum absolute atomic E-state index is 12.7. The van der Waals surface area contributed by atoms with Gasteiger partial charge in [0.2, 0.25) is 5.88 Å². The highest BCUT2D eigenvalue weighted by Crippen LogP contribution is 2.29. The molecule has 1 aromatic carbocycles. The molecular formula is C11H11FN2O. The first kappa shape index (κ1) is 9.71. The zero-order valence-corrected chi connectivity index (χ0v) is 8.33. The van der Waals surface area contributed by atoms with E-state index in [1.54, 1.807) is 12.1 Å². The molecule has 0 bridgehead atoms. The molecule has 1 heterocycles. The lowest BCUT2D eigenvalue weighted by Crippen LogP contribution is -1.89. The van der Waals surface area contributed by atoms with E-state index in [9.17, 15) is 4.39 Å². The maximum atomic E-state index is 12.7. The predicted molar refractivity (Wildman–Crippen MR) is 55.7 cm³/mol. The number of nitrogens with zero attached hydrogens (tertiary/aromatic N) is 1. The average molecular weight is 206 g/mol. The van der Waals surface area contributed by atoms with Gasteiger partial charge >= 0.3 is 0 Å². The van der Waals surface area contributed by atoms with Crippen molar-refractivity contribution in [1.82, 2.24) is 5.16 Å². The van der Waals surface area contributed by atoms with Crippen LogP contribution in [-0.2, 0) is 6.42 Å². The van der Waals surface area contributed by atoms with Crippen LogP contribution in [0.1, 0.15) is 12.6 Å². The van der Waals surface area contributed by atoms with Gasteiger partial charge in [0.15, 0.2) is 0 Å². The number of nitrogen functional groups attached to an aromatic ring is 1. The van der Waals surface area contributed by atoms with Crippen LogP contribution in [0.4, 0.5) is 10.3 Å². The molecule has 15 heavy (non-hydrogen) atoms. The molecule has 2 N–H and O–H groups in total. The minimum atomic E-state index is -0.271. The number of halogens is 1. The lowest BCUT2D eigenvalue weighted by molar-refractivity contribution is 0.428. The van der Waals surface area contributed by atoms with Crippen molar-refractivity contribution in [2.75, 3.05) is 5.73 Å². The van der Waals surface area contributed by atoms with Crippen molar-refractivity contribution in [3.05, 3.63) is 35.8 Å². The van der Waals surface area contributed by atoms with Crippen LogP contribution in [0.5, 0.6) is 0 Å². The summed E-state index contributed by atoms with van der Waals surface area (Å²) in [5.74, 6) is 0.00489. The number of hydrogen-bond donors (Lipinski definition) is 1. The van der Waals surface area contributed by atoms with E-state index in [2.05, 4.69) is 5.16 Å². The van der Waals surface area contributed by atoms with Crippen molar-refractivity contribution in [2.24, 2.45) is 0 Å². The molecule has 0 saturated carbocycles. The van der Waals surface area contributed by atoms with Gasteiger partial charge in [-0.15, -0.1) is 0 Å². The molecule has 1 aromatic heterocycles. The molecule has 4 heteroatoms.